The van der Waals surface area contributed by atoms with Gasteiger partial charge in [-0.05, 0) is 29.3 Å². The van der Waals surface area contributed by atoms with Crippen LogP contribution < -0.4 is 10.2 Å². The Kier molecular flexibility index (Phi) is 5.65. The molecule has 1 fully saturated rings. The number of amides is 1. The van der Waals surface area contributed by atoms with Crippen molar-refractivity contribution in [2.75, 3.05) is 36.5 Å². The molecule has 4 aromatic rings. The highest BCUT2D eigenvalue weighted by molar-refractivity contribution is 7.22. The summed E-state index contributed by atoms with van der Waals surface area (Å²) in [4.78, 5) is 20.4. The standard InChI is InChI=1S/C25H23N3O2S/c29-24(23(18-7-3-1-4-8-18)19-9-5-2-6-10-19)26-20-11-12-21-22(17-20)31-25(27-21)28-13-15-30-16-14-28/h1-12,17,23H,13-16H2,(H,26,29). The zero-order chi connectivity index (χ0) is 21.0. The summed E-state index contributed by atoms with van der Waals surface area (Å²) < 4.78 is 6.51. The molecule has 0 saturated carbocycles. The first-order chi connectivity index (χ1) is 15.3. The van der Waals surface area contributed by atoms with Gasteiger partial charge in [0.25, 0.3) is 0 Å². The molecule has 5 rings (SSSR count). The van der Waals surface area contributed by atoms with Gasteiger partial charge in [-0.1, -0.05) is 72.0 Å². The Bertz CT molecular complexity index is 1130. The molecule has 0 radical (unpaired) electrons. The summed E-state index contributed by atoms with van der Waals surface area (Å²) in [6.07, 6.45) is 0. The Labute approximate surface area is 185 Å². The van der Waals surface area contributed by atoms with Crippen LogP contribution in [0, 0.1) is 0 Å². The molecular formula is C25H23N3O2S. The molecule has 1 aliphatic heterocycles. The van der Waals surface area contributed by atoms with Crippen LogP contribution in [0.15, 0.2) is 78.9 Å². The third kappa shape index (κ3) is 4.31. The molecule has 6 heteroatoms. The number of hydrogen-bond donors (Lipinski definition) is 1. The van der Waals surface area contributed by atoms with E-state index in [0.717, 1.165) is 58.5 Å². The molecule has 0 atom stereocenters. The third-order valence-electron chi connectivity index (χ3n) is 5.45. The van der Waals surface area contributed by atoms with E-state index in [1.165, 1.54) is 0 Å². The number of fused-ring (bicyclic) bond motifs is 1. The molecule has 1 saturated heterocycles. The van der Waals surface area contributed by atoms with Crippen molar-refractivity contribution < 1.29 is 9.53 Å². The number of carbonyl (C=O) groups is 1. The molecule has 156 valence electrons. The van der Waals surface area contributed by atoms with Crippen molar-refractivity contribution in [3.8, 4) is 0 Å². The van der Waals surface area contributed by atoms with E-state index in [2.05, 4.69) is 10.2 Å². The van der Waals surface area contributed by atoms with Gasteiger partial charge in [0.1, 0.15) is 0 Å². The Balaban J connectivity index is 1.41. The lowest BCUT2D eigenvalue weighted by atomic mass is 9.90. The maximum atomic E-state index is 13.4. The lowest BCUT2D eigenvalue weighted by Crippen LogP contribution is -2.36. The number of ether oxygens (including phenoxy) is 1. The van der Waals surface area contributed by atoms with Crippen LogP contribution in [-0.2, 0) is 9.53 Å². The van der Waals surface area contributed by atoms with E-state index in [0.29, 0.717) is 0 Å². The Morgan fingerprint density at radius 3 is 2.23 bits per heavy atom. The van der Waals surface area contributed by atoms with Crippen LogP contribution in [0.5, 0.6) is 0 Å². The number of rotatable bonds is 5. The van der Waals surface area contributed by atoms with Crippen LogP contribution in [-0.4, -0.2) is 37.2 Å². The maximum Gasteiger partial charge on any atom is 0.236 e. The predicted octanol–water partition coefficient (Wildman–Crippen LogP) is 4.90. The fraction of sp³-hybridized carbons (Fsp3) is 0.200. The van der Waals surface area contributed by atoms with Crippen LogP contribution in [0.1, 0.15) is 17.0 Å². The van der Waals surface area contributed by atoms with Gasteiger partial charge in [0.05, 0.1) is 29.3 Å². The Morgan fingerprint density at radius 2 is 1.58 bits per heavy atom. The monoisotopic (exact) mass is 429 g/mol. The number of aromatic nitrogens is 1. The van der Waals surface area contributed by atoms with Crippen LogP contribution in [0.4, 0.5) is 10.8 Å². The number of thiazole rings is 1. The number of carbonyl (C=O) groups excluding carboxylic acids is 1. The fourth-order valence-electron chi connectivity index (χ4n) is 3.88. The van der Waals surface area contributed by atoms with Crippen LogP contribution in [0.25, 0.3) is 10.2 Å². The maximum absolute atomic E-state index is 13.4. The van der Waals surface area contributed by atoms with E-state index >= 15 is 0 Å². The number of hydrogen-bond acceptors (Lipinski definition) is 5. The highest BCUT2D eigenvalue weighted by Gasteiger charge is 2.23. The minimum atomic E-state index is -0.372. The van der Waals surface area contributed by atoms with Gasteiger partial charge >= 0.3 is 0 Å². The normalized spacial score (nSPS) is 14.2. The Morgan fingerprint density at radius 1 is 0.935 bits per heavy atom. The van der Waals surface area contributed by atoms with E-state index in [-0.39, 0.29) is 11.8 Å². The predicted molar refractivity (Wildman–Crippen MR) is 126 cm³/mol. The molecule has 0 bridgehead atoms. The van der Waals surface area contributed by atoms with Gasteiger partial charge in [-0.25, -0.2) is 4.98 Å². The van der Waals surface area contributed by atoms with Crippen molar-refractivity contribution in [3.05, 3.63) is 90.0 Å². The number of anilines is 2. The summed E-state index contributed by atoms with van der Waals surface area (Å²) in [6, 6.07) is 25.7. The summed E-state index contributed by atoms with van der Waals surface area (Å²) in [5.41, 5.74) is 3.68. The molecule has 3 aromatic carbocycles. The SMILES string of the molecule is O=C(Nc1ccc2nc(N3CCOCC3)sc2c1)C(c1ccccc1)c1ccccc1. The first-order valence-electron chi connectivity index (χ1n) is 10.4. The van der Waals surface area contributed by atoms with Crippen molar-refractivity contribution in [3.63, 3.8) is 0 Å². The minimum Gasteiger partial charge on any atom is -0.378 e. The molecule has 1 aliphatic rings. The molecule has 0 spiro atoms. The van der Waals surface area contributed by atoms with Crippen LogP contribution >= 0.6 is 11.3 Å². The van der Waals surface area contributed by atoms with Gasteiger partial charge in [-0.3, -0.25) is 4.79 Å². The average Bonchev–Trinajstić information content (AvgIpc) is 3.25. The van der Waals surface area contributed by atoms with Crippen LogP contribution in [0.2, 0.25) is 0 Å². The second-order valence-electron chi connectivity index (χ2n) is 7.52. The molecule has 5 nitrogen and oxygen atoms in total. The zero-order valence-corrected chi connectivity index (χ0v) is 17.8. The number of benzene rings is 3. The number of nitrogens with one attached hydrogen (secondary N) is 1. The second kappa shape index (κ2) is 8.88. The zero-order valence-electron chi connectivity index (χ0n) is 17.0. The number of morpholine rings is 1. The fourth-order valence-corrected chi connectivity index (χ4v) is 4.94. The smallest absolute Gasteiger partial charge is 0.236 e. The molecule has 1 amide bonds. The van der Waals surface area contributed by atoms with Crippen molar-refractivity contribution in [2.24, 2.45) is 0 Å². The summed E-state index contributed by atoms with van der Waals surface area (Å²) in [5.74, 6) is -0.418. The summed E-state index contributed by atoms with van der Waals surface area (Å²) in [7, 11) is 0. The van der Waals surface area contributed by atoms with E-state index < -0.39 is 0 Å². The van der Waals surface area contributed by atoms with Crippen molar-refractivity contribution in [1.29, 1.82) is 0 Å². The minimum absolute atomic E-state index is 0.0466. The van der Waals surface area contributed by atoms with Gasteiger partial charge in [-0.2, -0.15) is 0 Å². The highest BCUT2D eigenvalue weighted by Crippen LogP contribution is 2.32. The first kappa shape index (κ1) is 19.7. The molecule has 0 unspecified atom stereocenters. The highest BCUT2D eigenvalue weighted by atomic mass is 32.1. The van der Waals surface area contributed by atoms with Gasteiger partial charge < -0.3 is 15.0 Å². The molecule has 2 heterocycles. The molecule has 1 N–H and O–H groups in total. The molecule has 0 aliphatic carbocycles. The lowest BCUT2D eigenvalue weighted by Gasteiger charge is -2.25. The summed E-state index contributed by atoms with van der Waals surface area (Å²) >= 11 is 1.65. The number of nitrogens with zero attached hydrogens (tertiary/aromatic N) is 2. The van der Waals surface area contributed by atoms with E-state index in [1.54, 1.807) is 11.3 Å². The van der Waals surface area contributed by atoms with Gasteiger partial charge in [0.2, 0.25) is 5.91 Å². The van der Waals surface area contributed by atoms with Gasteiger partial charge in [0.15, 0.2) is 5.13 Å². The summed E-state index contributed by atoms with van der Waals surface area (Å²) in [6.45, 7) is 3.19. The quantitative estimate of drug-likeness (QED) is 0.490. The molecule has 1 aromatic heterocycles. The third-order valence-corrected chi connectivity index (χ3v) is 6.53. The largest absolute Gasteiger partial charge is 0.378 e. The summed E-state index contributed by atoms with van der Waals surface area (Å²) in [5, 5.41) is 4.13. The van der Waals surface area contributed by atoms with E-state index in [1.807, 2.05) is 78.9 Å². The first-order valence-corrected chi connectivity index (χ1v) is 11.2. The topological polar surface area (TPSA) is 54.5 Å². The van der Waals surface area contributed by atoms with Crippen molar-refractivity contribution in [1.82, 2.24) is 4.98 Å². The van der Waals surface area contributed by atoms with E-state index in [9.17, 15) is 4.79 Å². The second-order valence-corrected chi connectivity index (χ2v) is 8.53. The van der Waals surface area contributed by atoms with Gasteiger partial charge in [0, 0.05) is 18.8 Å². The average molecular weight is 430 g/mol. The van der Waals surface area contributed by atoms with Crippen molar-refractivity contribution >= 4 is 38.3 Å². The Hall–Kier alpha value is -3.22. The molecular weight excluding hydrogens is 406 g/mol. The van der Waals surface area contributed by atoms with Gasteiger partial charge in [-0.15, -0.1) is 0 Å². The van der Waals surface area contributed by atoms with E-state index in [4.69, 9.17) is 9.72 Å². The molecule has 31 heavy (non-hydrogen) atoms. The van der Waals surface area contributed by atoms with Crippen LogP contribution in [0.3, 0.4) is 0 Å². The lowest BCUT2D eigenvalue weighted by molar-refractivity contribution is -0.116. The van der Waals surface area contributed by atoms with Crippen molar-refractivity contribution in [2.45, 2.75) is 5.92 Å².